The van der Waals surface area contributed by atoms with Gasteiger partial charge in [-0.25, -0.2) is 0 Å². The van der Waals surface area contributed by atoms with Crippen LogP contribution in [0.1, 0.15) is 11.4 Å². The van der Waals surface area contributed by atoms with E-state index in [-0.39, 0.29) is 5.56 Å². The van der Waals surface area contributed by atoms with Crippen molar-refractivity contribution in [3.8, 4) is 16.9 Å². The molecule has 0 amide bonds. The summed E-state index contributed by atoms with van der Waals surface area (Å²) in [6.07, 6.45) is 0. The Morgan fingerprint density at radius 2 is 1.60 bits per heavy atom. The maximum Gasteiger partial charge on any atom is 0.268 e. The Labute approximate surface area is 85.5 Å². The lowest BCUT2D eigenvalue weighted by atomic mass is 10.00. The number of aromatic nitrogens is 1. The first-order valence-corrected chi connectivity index (χ1v) is 4.48. The van der Waals surface area contributed by atoms with Gasteiger partial charge in [-0.1, -0.05) is 0 Å². The highest BCUT2D eigenvalue weighted by atomic mass is 16.3. The van der Waals surface area contributed by atoms with Crippen molar-refractivity contribution < 1.29 is 5.11 Å². The van der Waals surface area contributed by atoms with E-state index in [4.69, 9.17) is 0 Å². The van der Waals surface area contributed by atoms with Crippen LogP contribution in [-0.4, -0.2) is 10.1 Å². The molecule has 2 aromatic rings. The quantitative estimate of drug-likeness (QED) is 0.691. The summed E-state index contributed by atoms with van der Waals surface area (Å²) in [6, 6.07) is 3.34. The third kappa shape index (κ3) is 1.34. The number of hydrogen-bond acceptors (Lipinski definition) is 4. The first-order chi connectivity index (χ1) is 7.00. The highest BCUT2D eigenvalue weighted by Crippen LogP contribution is 2.24. The molecule has 0 bridgehead atoms. The third-order valence-electron chi connectivity index (χ3n) is 2.26. The van der Waals surface area contributed by atoms with E-state index in [0.29, 0.717) is 5.56 Å². The number of nitrogens with zero attached hydrogens (tertiary/aromatic N) is 1. The fraction of sp³-hybridized carbons (Fsp3) is 0.182. The Balaban J connectivity index is 2.66. The van der Waals surface area contributed by atoms with Crippen LogP contribution in [0.3, 0.4) is 0 Å². The van der Waals surface area contributed by atoms with Gasteiger partial charge in [-0.2, -0.15) is 0 Å². The van der Waals surface area contributed by atoms with E-state index in [0.717, 1.165) is 11.4 Å². The van der Waals surface area contributed by atoms with Crippen molar-refractivity contribution in [2.75, 3.05) is 0 Å². The zero-order valence-electron chi connectivity index (χ0n) is 8.37. The van der Waals surface area contributed by atoms with E-state index in [1.54, 1.807) is 26.0 Å². The lowest BCUT2D eigenvalue weighted by molar-refractivity contribution is 0.465. The summed E-state index contributed by atoms with van der Waals surface area (Å²) in [5, 5.41) is 9.27. The maximum atomic E-state index is 11.2. The molecule has 2 rings (SSSR count). The smallest absolute Gasteiger partial charge is 0.268 e. The van der Waals surface area contributed by atoms with Crippen LogP contribution in [0.2, 0.25) is 0 Å². The number of hydrogen-bond donors (Lipinski definition) is 1. The van der Waals surface area contributed by atoms with E-state index >= 15 is 0 Å². The molecule has 0 spiro atoms. The molecule has 0 aliphatic carbocycles. The van der Waals surface area contributed by atoms with E-state index < -0.39 is 16.6 Å². The van der Waals surface area contributed by atoms with Crippen molar-refractivity contribution in [1.82, 2.24) is 4.98 Å². The average molecular weight is 203 g/mol. The van der Waals surface area contributed by atoms with E-state index in [1.807, 2.05) is 0 Å². The fourth-order valence-electron chi connectivity index (χ4n) is 1.63. The van der Waals surface area contributed by atoms with Gasteiger partial charge in [0.1, 0.15) is 0 Å². The van der Waals surface area contributed by atoms with Gasteiger partial charge in [-0.3, -0.25) is 14.6 Å². The van der Waals surface area contributed by atoms with Crippen molar-refractivity contribution in [3.05, 3.63) is 44.0 Å². The van der Waals surface area contributed by atoms with Gasteiger partial charge in [-0.05, 0) is 31.5 Å². The Bertz CT molecular complexity index is 586. The molecule has 0 saturated carbocycles. The minimum atomic E-state index is -0.808. The summed E-state index contributed by atoms with van der Waals surface area (Å²) in [7, 11) is 0. The zero-order chi connectivity index (χ0) is 11.2. The molecular formula is C11H9NO3. The van der Waals surface area contributed by atoms with Crippen LogP contribution in [0.25, 0.3) is 11.1 Å². The Kier molecular flexibility index (Phi) is 1.93. The molecule has 1 N–H and O–H groups in total. The summed E-state index contributed by atoms with van der Waals surface area (Å²) < 4.78 is 0. The molecule has 0 aliphatic heterocycles. The zero-order valence-corrected chi connectivity index (χ0v) is 8.37. The largest absolute Gasteiger partial charge is 0.503 e. The van der Waals surface area contributed by atoms with Gasteiger partial charge in [0, 0.05) is 11.4 Å². The molecule has 0 fully saturated rings. The molecule has 4 nitrogen and oxygen atoms in total. The SMILES string of the molecule is Cc1cc(-c2c(O)c(=O)c2=O)cc(C)n1. The summed E-state index contributed by atoms with van der Waals surface area (Å²) in [5.74, 6) is -0.440. The number of aryl methyl sites for hydroxylation is 2. The topological polar surface area (TPSA) is 67.3 Å². The molecule has 0 aliphatic rings. The molecule has 1 aromatic heterocycles. The highest BCUT2D eigenvalue weighted by Gasteiger charge is 2.21. The monoisotopic (exact) mass is 203 g/mol. The second kappa shape index (κ2) is 3.02. The van der Waals surface area contributed by atoms with Crippen molar-refractivity contribution in [3.63, 3.8) is 0 Å². The van der Waals surface area contributed by atoms with Gasteiger partial charge >= 0.3 is 0 Å². The first-order valence-electron chi connectivity index (χ1n) is 4.48. The van der Waals surface area contributed by atoms with Gasteiger partial charge in [0.05, 0.1) is 5.56 Å². The van der Waals surface area contributed by atoms with Gasteiger partial charge in [0.2, 0.25) is 5.43 Å². The van der Waals surface area contributed by atoms with Crippen molar-refractivity contribution >= 4 is 0 Å². The Morgan fingerprint density at radius 3 is 2.07 bits per heavy atom. The predicted octanol–water partition coefficient (Wildman–Crippen LogP) is 0.667. The third-order valence-corrected chi connectivity index (χ3v) is 2.26. The number of pyridine rings is 1. The lowest BCUT2D eigenvalue weighted by Crippen LogP contribution is -2.31. The molecule has 4 heteroatoms. The van der Waals surface area contributed by atoms with Gasteiger partial charge in [-0.15, -0.1) is 0 Å². The van der Waals surface area contributed by atoms with Crippen LogP contribution >= 0.6 is 0 Å². The highest BCUT2D eigenvalue weighted by molar-refractivity contribution is 5.73. The molecule has 1 heterocycles. The first kappa shape index (κ1) is 9.58. The summed E-state index contributed by atoms with van der Waals surface area (Å²) in [6.45, 7) is 3.58. The minimum absolute atomic E-state index is 0.105. The van der Waals surface area contributed by atoms with E-state index in [9.17, 15) is 14.7 Å². The standard InChI is InChI=1S/C11H9NO3/c1-5-3-7(4-6(2)12-5)8-9(13)11(15)10(8)14/h3-4,13H,1-2H3. The molecular weight excluding hydrogens is 194 g/mol. The number of rotatable bonds is 1. The minimum Gasteiger partial charge on any atom is -0.503 e. The normalized spacial score (nSPS) is 10.8. The Hall–Kier alpha value is -1.97. The summed E-state index contributed by atoms with van der Waals surface area (Å²) >= 11 is 0. The van der Waals surface area contributed by atoms with Crippen LogP contribution in [0.5, 0.6) is 5.75 Å². The fourth-order valence-corrected chi connectivity index (χ4v) is 1.63. The molecule has 76 valence electrons. The second-order valence-electron chi connectivity index (χ2n) is 3.52. The molecule has 0 radical (unpaired) electrons. The van der Waals surface area contributed by atoms with E-state index in [2.05, 4.69) is 4.98 Å². The van der Waals surface area contributed by atoms with Gasteiger partial charge in [0.25, 0.3) is 5.43 Å². The van der Waals surface area contributed by atoms with Crippen molar-refractivity contribution in [2.45, 2.75) is 13.8 Å². The van der Waals surface area contributed by atoms with Crippen LogP contribution in [-0.2, 0) is 0 Å². The van der Waals surface area contributed by atoms with Crippen LogP contribution in [0, 0.1) is 13.8 Å². The predicted molar refractivity (Wildman–Crippen MR) is 55.7 cm³/mol. The molecule has 1 aromatic carbocycles. The maximum absolute atomic E-state index is 11.2. The summed E-state index contributed by atoms with van der Waals surface area (Å²) in [5.41, 5.74) is 0.722. The molecule has 0 atom stereocenters. The van der Waals surface area contributed by atoms with Gasteiger partial charge in [0.15, 0.2) is 5.75 Å². The van der Waals surface area contributed by atoms with Crippen LogP contribution in [0.15, 0.2) is 21.7 Å². The van der Waals surface area contributed by atoms with Crippen molar-refractivity contribution in [2.24, 2.45) is 0 Å². The van der Waals surface area contributed by atoms with E-state index in [1.165, 1.54) is 0 Å². The molecule has 0 saturated heterocycles. The van der Waals surface area contributed by atoms with Gasteiger partial charge < -0.3 is 5.11 Å². The van der Waals surface area contributed by atoms with Crippen LogP contribution < -0.4 is 10.9 Å². The van der Waals surface area contributed by atoms with Crippen LogP contribution in [0.4, 0.5) is 0 Å². The average Bonchev–Trinajstić information content (AvgIpc) is 2.16. The second-order valence-corrected chi connectivity index (χ2v) is 3.52. The van der Waals surface area contributed by atoms with Crippen molar-refractivity contribution in [1.29, 1.82) is 0 Å². The number of aromatic hydroxyl groups is 1. The lowest BCUT2D eigenvalue weighted by Gasteiger charge is -2.07. The molecule has 0 unspecified atom stereocenters. The molecule has 15 heavy (non-hydrogen) atoms. The Morgan fingerprint density at radius 1 is 1.07 bits per heavy atom. The summed E-state index contributed by atoms with van der Waals surface area (Å²) in [4.78, 5) is 26.2.